The van der Waals surface area contributed by atoms with Gasteiger partial charge in [0.1, 0.15) is 24.7 Å². The molecule has 0 heterocycles. The van der Waals surface area contributed by atoms with Crippen molar-refractivity contribution in [1.82, 2.24) is 0 Å². The Morgan fingerprint density at radius 3 is 2.38 bits per heavy atom. The molecule has 0 bridgehead atoms. The van der Waals surface area contributed by atoms with E-state index in [2.05, 4.69) is 15.9 Å². The summed E-state index contributed by atoms with van der Waals surface area (Å²) in [6.07, 6.45) is 0. The van der Waals surface area contributed by atoms with E-state index in [-0.39, 0.29) is 5.56 Å². The van der Waals surface area contributed by atoms with E-state index in [1.807, 2.05) is 0 Å². The summed E-state index contributed by atoms with van der Waals surface area (Å²) < 4.78 is 11.8. The Morgan fingerprint density at radius 1 is 1.10 bits per heavy atom. The molecule has 0 atom stereocenters. The standard InChI is InChI=1S/C15H12BrClO4/c16-13-9-11(17)3-6-14(13)21-8-7-20-12-4-1-10(2-5-12)15(18)19/h1-6,9H,7-8H2,(H,18,19). The summed E-state index contributed by atoms with van der Waals surface area (Å²) in [7, 11) is 0. The normalized spacial score (nSPS) is 10.2. The van der Waals surface area contributed by atoms with Crippen LogP contribution in [0.15, 0.2) is 46.9 Å². The van der Waals surface area contributed by atoms with Crippen molar-refractivity contribution in [3.63, 3.8) is 0 Å². The smallest absolute Gasteiger partial charge is 0.335 e. The molecule has 4 nitrogen and oxygen atoms in total. The molecular formula is C15H12BrClO4. The van der Waals surface area contributed by atoms with Crippen LogP contribution in [-0.4, -0.2) is 24.3 Å². The monoisotopic (exact) mass is 370 g/mol. The number of hydrogen-bond acceptors (Lipinski definition) is 3. The largest absolute Gasteiger partial charge is 0.490 e. The first-order chi connectivity index (χ1) is 10.1. The topological polar surface area (TPSA) is 55.8 Å². The van der Waals surface area contributed by atoms with Crippen molar-refractivity contribution in [2.45, 2.75) is 0 Å². The van der Waals surface area contributed by atoms with Gasteiger partial charge in [-0.1, -0.05) is 11.6 Å². The second-order valence-electron chi connectivity index (χ2n) is 4.10. The molecule has 2 aromatic carbocycles. The molecule has 1 N–H and O–H groups in total. The number of rotatable bonds is 6. The first-order valence-electron chi connectivity index (χ1n) is 6.10. The molecule has 0 radical (unpaired) electrons. The van der Waals surface area contributed by atoms with Gasteiger partial charge >= 0.3 is 5.97 Å². The molecule has 0 fully saturated rings. The Morgan fingerprint density at radius 2 is 1.76 bits per heavy atom. The summed E-state index contributed by atoms with van der Waals surface area (Å²) in [5, 5.41) is 9.42. The molecule has 6 heteroatoms. The average Bonchev–Trinajstić information content (AvgIpc) is 2.46. The lowest BCUT2D eigenvalue weighted by molar-refractivity contribution is 0.0697. The number of benzene rings is 2. The number of ether oxygens (including phenoxy) is 2. The van der Waals surface area contributed by atoms with Crippen LogP contribution in [0.1, 0.15) is 10.4 Å². The summed E-state index contributed by atoms with van der Waals surface area (Å²) in [4.78, 5) is 10.7. The minimum Gasteiger partial charge on any atom is -0.490 e. The van der Waals surface area contributed by atoms with Crippen molar-refractivity contribution in [2.75, 3.05) is 13.2 Å². The third-order valence-corrected chi connectivity index (χ3v) is 3.46. The van der Waals surface area contributed by atoms with Crippen molar-refractivity contribution in [3.8, 4) is 11.5 Å². The number of carbonyl (C=O) groups is 1. The molecule has 0 aromatic heterocycles. The van der Waals surface area contributed by atoms with Crippen LogP contribution >= 0.6 is 27.5 Å². The molecule has 0 aliphatic heterocycles. The zero-order valence-corrected chi connectivity index (χ0v) is 13.2. The van der Waals surface area contributed by atoms with Crippen LogP contribution in [0.25, 0.3) is 0 Å². The lowest BCUT2D eigenvalue weighted by atomic mass is 10.2. The fraction of sp³-hybridized carbons (Fsp3) is 0.133. The highest BCUT2D eigenvalue weighted by Crippen LogP contribution is 2.27. The minimum absolute atomic E-state index is 0.226. The molecule has 0 saturated heterocycles. The second kappa shape index (κ2) is 7.33. The molecule has 0 saturated carbocycles. The Hall–Kier alpha value is -1.72. The van der Waals surface area contributed by atoms with Crippen LogP contribution in [0.5, 0.6) is 11.5 Å². The summed E-state index contributed by atoms with van der Waals surface area (Å²) in [6, 6.07) is 11.5. The number of aromatic carboxylic acids is 1. The molecular weight excluding hydrogens is 360 g/mol. The Balaban J connectivity index is 1.80. The lowest BCUT2D eigenvalue weighted by Crippen LogP contribution is -2.09. The zero-order valence-electron chi connectivity index (χ0n) is 10.9. The van der Waals surface area contributed by atoms with Crippen molar-refractivity contribution >= 4 is 33.5 Å². The fourth-order valence-electron chi connectivity index (χ4n) is 1.60. The maximum atomic E-state index is 10.7. The number of halogens is 2. The fourth-order valence-corrected chi connectivity index (χ4v) is 2.39. The van der Waals surface area contributed by atoms with Crippen molar-refractivity contribution in [1.29, 1.82) is 0 Å². The molecule has 110 valence electrons. The highest BCUT2D eigenvalue weighted by molar-refractivity contribution is 9.10. The SMILES string of the molecule is O=C(O)c1ccc(OCCOc2ccc(Cl)cc2Br)cc1. The maximum absolute atomic E-state index is 10.7. The minimum atomic E-state index is -0.961. The van der Waals surface area contributed by atoms with Crippen LogP contribution in [-0.2, 0) is 0 Å². The van der Waals surface area contributed by atoms with Gasteiger partial charge in [0.2, 0.25) is 0 Å². The third-order valence-electron chi connectivity index (χ3n) is 2.60. The Bertz CT molecular complexity index is 628. The predicted molar refractivity (Wildman–Crippen MR) is 83.5 cm³/mol. The van der Waals surface area contributed by atoms with Gasteiger partial charge in [0.05, 0.1) is 10.0 Å². The van der Waals surface area contributed by atoms with Crippen LogP contribution in [0.4, 0.5) is 0 Å². The van der Waals surface area contributed by atoms with Gasteiger partial charge in [-0.25, -0.2) is 4.79 Å². The van der Waals surface area contributed by atoms with Gasteiger partial charge in [-0.3, -0.25) is 0 Å². The molecule has 0 aliphatic carbocycles. The van der Waals surface area contributed by atoms with Crippen molar-refractivity contribution in [2.24, 2.45) is 0 Å². The molecule has 0 spiro atoms. The third kappa shape index (κ3) is 4.65. The van der Waals surface area contributed by atoms with E-state index in [0.717, 1.165) is 4.47 Å². The van der Waals surface area contributed by atoms with E-state index in [1.165, 1.54) is 12.1 Å². The maximum Gasteiger partial charge on any atom is 0.335 e. The molecule has 2 rings (SSSR count). The highest BCUT2D eigenvalue weighted by atomic mass is 79.9. The number of hydrogen-bond donors (Lipinski definition) is 1. The van der Waals surface area contributed by atoms with Gasteiger partial charge in [0, 0.05) is 5.02 Å². The van der Waals surface area contributed by atoms with Gasteiger partial charge in [0.25, 0.3) is 0 Å². The van der Waals surface area contributed by atoms with E-state index < -0.39 is 5.97 Å². The first kappa shape index (κ1) is 15.7. The summed E-state index contributed by atoms with van der Waals surface area (Å²) in [5.41, 5.74) is 0.226. The summed E-state index contributed by atoms with van der Waals surface area (Å²) in [5.74, 6) is 0.320. The second-order valence-corrected chi connectivity index (χ2v) is 5.39. The number of carboxylic acid groups (broad SMARTS) is 1. The average molecular weight is 372 g/mol. The van der Waals surface area contributed by atoms with Gasteiger partial charge in [-0.15, -0.1) is 0 Å². The van der Waals surface area contributed by atoms with E-state index in [9.17, 15) is 4.79 Å². The van der Waals surface area contributed by atoms with Crippen LogP contribution in [0, 0.1) is 0 Å². The predicted octanol–water partition coefficient (Wildman–Crippen LogP) is 4.26. The molecule has 2 aromatic rings. The summed E-state index contributed by atoms with van der Waals surface area (Å²) >= 11 is 9.20. The van der Waals surface area contributed by atoms with Crippen LogP contribution in [0.2, 0.25) is 5.02 Å². The van der Waals surface area contributed by atoms with Crippen LogP contribution < -0.4 is 9.47 Å². The zero-order chi connectivity index (χ0) is 15.2. The van der Waals surface area contributed by atoms with Gasteiger partial charge < -0.3 is 14.6 Å². The van der Waals surface area contributed by atoms with Gasteiger partial charge in [-0.05, 0) is 58.4 Å². The quantitative estimate of drug-likeness (QED) is 0.771. The molecule has 21 heavy (non-hydrogen) atoms. The Labute approximate surface area is 135 Å². The van der Waals surface area contributed by atoms with Gasteiger partial charge in [0.15, 0.2) is 0 Å². The van der Waals surface area contributed by atoms with E-state index >= 15 is 0 Å². The van der Waals surface area contributed by atoms with E-state index in [0.29, 0.717) is 29.7 Å². The summed E-state index contributed by atoms with van der Waals surface area (Å²) in [6.45, 7) is 0.711. The van der Waals surface area contributed by atoms with Crippen molar-refractivity contribution in [3.05, 3.63) is 57.5 Å². The Kier molecular flexibility index (Phi) is 5.47. The van der Waals surface area contributed by atoms with Crippen LogP contribution in [0.3, 0.4) is 0 Å². The van der Waals surface area contributed by atoms with Gasteiger partial charge in [-0.2, -0.15) is 0 Å². The molecule has 0 unspecified atom stereocenters. The molecule has 0 aliphatic rings. The van der Waals surface area contributed by atoms with E-state index in [4.69, 9.17) is 26.2 Å². The first-order valence-corrected chi connectivity index (χ1v) is 7.27. The van der Waals surface area contributed by atoms with E-state index in [1.54, 1.807) is 30.3 Å². The van der Waals surface area contributed by atoms with Crippen molar-refractivity contribution < 1.29 is 19.4 Å². The number of carboxylic acids is 1. The molecule has 0 amide bonds. The lowest BCUT2D eigenvalue weighted by Gasteiger charge is -2.10. The highest BCUT2D eigenvalue weighted by Gasteiger charge is 2.03.